The molecule has 6 N–H and O–H groups in total. The number of nitrogen functional groups attached to an aromatic ring is 1. The predicted octanol–water partition coefficient (Wildman–Crippen LogP) is 2.12. The molecule has 1 unspecified atom stereocenters. The van der Waals surface area contributed by atoms with E-state index < -0.39 is 35.2 Å². The van der Waals surface area contributed by atoms with Gasteiger partial charge >= 0.3 is 5.97 Å². The SMILES string of the molecule is NCCSc1ccncc1SC1=C(C(=O)O)N2C(=O)[C@@H](NC(=O)C(N=O)c3nc(N)sc3Cl)[C@@H]2SC1. The number of nitrogens with two attached hydrogens (primary N) is 2. The van der Waals surface area contributed by atoms with Crippen LogP contribution in [0.25, 0.3) is 0 Å². The van der Waals surface area contributed by atoms with E-state index >= 15 is 0 Å². The number of amides is 2. The molecule has 2 aromatic rings. The Morgan fingerprint density at radius 2 is 2.19 bits per heavy atom. The van der Waals surface area contributed by atoms with Gasteiger partial charge in [0.15, 0.2) is 5.13 Å². The fraction of sp³-hybridized carbons (Fsp3) is 0.316. The van der Waals surface area contributed by atoms with Crippen LogP contribution < -0.4 is 16.8 Å². The lowest BCUT2D eigenvalue weighted by atomic mass is 10.0. The molecule has 4 rings (SSSR count). The number of carbonyl (C=O) groups excluding carboxylic acids is 2. The van der Waals surface area contributed by atoms with Crippen molar-refractivity contribution in [2.24, 2.45) is 10.9 Å². The zero-order chi connectivity index (χ0) is 26.0. The fourth-order valence-corrected chi connectivity index (χ4v) is 7.91. The second kappa shape index (κ2) is 11.4. The van der Waals surface area contributed by atoms with Gasteiger partial charge in [0.2, 0.25) is 6.04 Å². The summed E-state index contributed by atoms with van der Waals surface area (Å²) in [6.45, 7) is 0.482. The lowest BCUT2D eigenvalue weighted by Crippen LogP contribution is -2.70. The number of aliphatic carboxylic acids is 1. The van der Waals surface area contributed by atoms with Crippen LogP contribution in [0.15, 0.2) is 44.0 Å². The van der Waals surface area contributed by atoms with Crippen molar-refractivity contribution in [3.63, 3.8) is 0 Å². The van der Waals surface area contributed by atoms with Gasteiger partial charge in [-0.15, -0.1) is 28.4 Å². The van der Waals surface area contributed by atoms with Crippen molar-refractivity contribution in [1.82, 2.24) is 20.2 Å². The van der Waals surface area contributed by atoms with Gasteiger partial charge in [-0.1, -0.05) is 34.7 Å². The van der Waals surface area contributed by atoms with E-state index in [1.165, 1.54) is 35.3 Å². The number of nitrogens with zero attached hydrogens (tertiary/aromatic N) is 4. The van der Waals surface area contributed by atoms with Crippen LogP contribution in [0.2, 0.25) is 4.34 Å². The molecule has 1 fully saturated rings. The highest BCUT2D eigenvalue weighted by molar-refractivity contribution is 8.07. The highest BCUT2D eigenvalue weighted by atomic mass is 35.5. The van der Waals surface area contributed by atoms with Gasteiger partial charge in [0, 0.05) is 45.1 Å². The van der Waals surface area contributed by atoms with Gasteiger partial charge in [-0.25, -0.2) is 9.78 Å². The molecule has 4 heterocycles. The third kappa shape index (κ3) is 5.19. The first kappa shape index (κ1) is 26.7. The molecule has 2 aliphatic rings. The molecular formula is C19H18ClN7O5S4. The van der Waals surface area contributed by atoms with Crippen LogP contribution in [-0.4, -0.2) is 67.2 Å². The number of aromatic nitrogens is 2. The van der Waals surface area contributed by atoms with E-state index in [9.17, 15) is 24.4 Å². The molecule has 36 heavy (non-hydrogen) atoms. The molecule has 12 nitrogen and oxygen atoms in total. The summed E-state index contributed by atoms with van der Waals surface area (Å²) in [6.07, 6.45) is 3.28. The van der Waals surface area contributed by atoms with Crippen molar-refractivity contribution in [1.29, 1.82) is 0 Å². The maximum absolute atomic E-state index is 13.0. The smallest absolute Gasteiger partial charge is 0.353 e. The van der Waals surface area contributed by atoms with E-state index in [2.05, 4.69) is 20.5 Å². The Bertz CT molecular complexity index is 1260. The van der Waals surface area contributed by atoms with Crippen molar-refractivity contribution in [3.05, 3.63) is 44.0 Å². The number of carboxylic acids is 1. The standard InChI is InChI=1S/C19H18ClN7O5S4/c20-14-10(25-19(22)36-14)11(26-32)15(28)24-12-16(29)27-13(18(30)31)9(6-34-17(12)27)35-8-5-23-3-1-7(8)33-4-2-21/h1,3,5,11-12,17H,2,4,6,21H2,(H2,22,25)(H,24,28)(H,30,31)/t11?,12-,17+/m1/s1. The molecular weight excluding hydrogens is 570 g/mol. The molecule has 2 aromatic heterocycles. The van der Waals surface area contributed by atoms with Crippen LogP contribution in [-0.2, 0) is 14.4 Å². The first-order valence-electron chi connectivity index (χ1n) is 10.2. The summed E-state index contributed by atoms with van der Waals surface area (Å²) < 4.78 is 0.0398. The summed E-state index contributed by atoms with van der Waals surface area (Å²) in [5.74, 6) is -1.80. The van der Waals surface area contributed by atoms with Crippen molar-refractivity contribution in [2.75, 3.05) is 23.8 Å². The highest BCUT2D eigenvalue weighted by Crippen LogP contribution is 2.46. The average molecular weight is 588 g/mol. The third-order valence-electron chi connectivity index (χ3n) is 5.03. The zero-order valence-corrected chi connectivity index (χ0v) is 22.1. The van der Waals surface area contributed by atoms with E-state index in [4.69, 9.17) is 23.1 Å². The summed E-state index contributed by atoms with van der Waals surface area (Å²) >= 11 is 10.9. The minimum atomic E-state index is -1.60. The van der Waals surface area contributed by atoms with Crippen LogP contribution in [0.5, 0.6) is 0 Å². The number of fused-ring (bicyclic) bond motifs is 1. The Morgan fingerprint density at radius 1 is 1.42 bits per heavy atom. The average Bonchev–Trinajstić information content (AvgIpc) is 3.19. The quantitative estimate of drug-likeness (QED) is 0.180. The summed E-state index contributed by atoms with van der Waals surface area (Å²) in [4.78, 5) is 60.5. The number of halogens is 1. The van der Waals surface area contributed by atoms with Crippen LogP contribution in [0.4, 0.5) is 5.13 Å². The van der Waals surface area contributed by atoms with Gasteiger partial charge in [0.05, 0.1) is 0 Å². The second-order valence-corrected chi connectivity index (χ2v) is 12.3. The first-order chi connectivity index (χ1) is 17.3. The lowest BCUT2D eigenvalue weighted by molar-refractivity contribution is -0.150. The molecule has 0 spiro atoms. The van der Waals surface area contributed by atoms with Crippen molar-refractivity contribution in [3.8, 4) is 0 Å². The monoisotopic (exact) mass is 587 g/mol. The lowest BCUT2D eigenvalue weighted by Gasteiger charge is -2.49. The van der Waals surface area contributed by atoms with Gasteiger partial charge < -0.3 is 21.9 Å². The topological polar surface area (TPSA) is 194 Å². The summed E-state index contributed by atoms with van der Waals surface area (Å²) in [5.41, 5.74) is 10.9. The molecule has 1 saturated heterocycles. The Hall–Kier alpha value is -2.37. The van der Waals surface area contributed by atoms with Crippen LogP contribution in [0.3, 0.4) is 0 Å². The predicted molar refractivity (Wildman–Crippen MR) is 140 cm³/mol. The third-order valence-corrected chi connectivity index (χ3v) is 9.97. The number of nitroso groups, excluding NO2 is 1. The van der Waals surface area contributed by atoms with Crippen LogP contribution in [0.1, 0.15) is 11.7 Å². The van der Waals surface area contributed by atoms with E-state index in [-0.39, 0.29) is 26.6 Å². The summed E-state index contributed by atoms with van der Waals surface area (Å²) in [5, 5.41) is 14.6. The molecule has 0 radical (unpaired) electrons. The van der Waals surface area contributed by atoms with Crippen LogP contribution in [0, 0.1) is 4.91 Å². The number of hydrogen-bond donors (Lipinski definition) is 4. The summed E-state index contributed by atoms with van der Waals surface area (Å²) in [7, 11) is 0. The number of nitrogens with one attached hydrogen (secondary N) is 1. The van der Waals surface area contributed by atoms with Gasteiger partial charge in [-0.2, -0.15) is 0 Å². The van der Waals surface area contributed by atoms with Gasteiger partial charge in [0.1, 0.15) is 27.1 Å². The van der Waals surface area contributed by atoms with Crippen LogP contribution >= 0.6 is 58.2 Å². The number of carbonyl (C=O) groups is 3. The number of carboxylic acid groups (broad SMARTS) is 1. The maximum atomic E-state index is 13.0. The number of thiazole rings is 1. The number of rotatable bonds is 10. The van der Waals surface area contributed by atoms with Crippen molar-refractivity contribution >= 4 is 81.1 Å². The Kier molecular flexibility index (Phi) is 8.41. The molecule has 0 aromatic carbocycles. The minimum absolute atomic E-state index is 0.0398. The number of hydrogen-bond acceptors (Lipinski definition) is 13. The Morgan fingerprint density at radius 3 is 2.83 bits per heavy atom. The molecule has 0 saturated carbocycles. The van der Waals surface area contributed by atoms with E-state index in [0.717, 1.165) is 26.0 Å². The molecule has 3 atom stereocenters. The molecule has 0 bridgehead atoms. The number of β-lactam (4-membered cyclic amide) rings is 1. The van der Waals surface area contributed by atoms with Crippen molar-refractivity contribution < 1.29 is 19.5 Å². The number of pyridine rings is 1. The first-order valence-corrected chi connectivity index (χ1v) is 14.2. The van der Waals surface area contributed by atoms with Gasteiger partial charge in [0.25, 0.3) is 11.8 Å². The van der Waals surface area contributed by atoms with E-state index in [1.807, 2.05) is 6.07 Å². The van der Waals surface area contributed by atoms with E-state index in [0.29, 0.717) is 17.2 Å². The highest BCUT2D eigenvalue weighted by Gasteiger charge is 2.55. The fourth-order valence-electron chi connectivity index (χ4n) is 3.49. The largest absolute Gasteiger partial charge is 0.477 e. The molecule has 2 aliphatic heterocycles. The normalized spacial score (nSPS) is 19.9. The molecule has 0 aliphatic carbocycles. The number of anilines is 1. The minimum Gasteiger partial charge on any atom is -0.477 e. The van der Waals surface area contributed by atoms with Gasteiger partial charge in [-0.3, -0.25) is 19.5 Å². The van der Waals surface area contributed by atoms with Crippen molar-refractivity contribution in [2.45, 2.75) is 27.2 Å². The molecule has 17 heteroatoms. The molecule has 190 valence electrons. The zero-order valence-electron chi connectivity index (χ0n) is 18.1. The second-order valence-electron chi connectivity index (χ2n) is 7.25. The van der Waals surface area contributed by atoms with Gasteiger partial charge in [-0.05, 0) is 11.2 Å². The van der Waals surface area contributed by atoms with E-state index in [1.54, 1.807) is 12.4 Å². The molecule has 2 amide bonds. The maximum Gasteiger partial charge on any atom is 0.353 e. The summed E-state index contributed by atoms with van der Waals surface area (Å²) in [6, 6.07) is -0.823. The Labute approximate surface area is 226 Å². The Balaban J connectivity index is 1.53. The number of thioether (sulfide) groups is 3.